The average Bonchev–Trinajstić information content (AvgIpc) is 3.18. The van der Waals surface area contributed by atoms with Crippen molar-refractivity contribution >= 4 is 23.4 Å². The van der Waals surface area contributed by atoms with Crippen molar-refractivity contribution in [2.45, 2.75) is 38.5 Å². The Kier molecular flexibility index (Phi) is 4.52. The number of hydrogen-bond acceptors (Lipinski definition) is 4. The summed E-state index contributed by atoms with van der Waals surface area (Å²) >= 11 is 0. The SMILES string of the molecule is CC(=O)Nc1ccc(/C=C/C23OCCN2c2cc(CO)ccc2C3(C)C)cc1. The number of aliphatic hydroxyl groups excluding tert-OH is 1. The van der Waals surface area contributed by atoms with Crippen LogP contribution in [0.15, 0.2) is 48.5 Å². The van der Waals surface area contributed by atoms with Gasteiger partial charge in [0.1, 0.15) is 0 Å². The molecule has 2 N–H and O–H groups in total. The highest BCUT2D eigenvalue weighted by atomic mass is 16.5. The van der Waals surface area contributed by atoms with Gasteiger partial charge >= 0.3 is 0 Å². The zero-order valence-electron chi connectivity index (χ0n) is 16.5. The molecule has 28 heavy (non-hydrogen) atoms. The summed E-state index contributed by atoms with van der Waals surface area (Å²) in [4.78, 5) is 13.5. The summed E-state index contributed by atoms with van der Waals surface area (Å²) in [6.07, 6.45) is 4.22. The topological polar surface area (TPSA) is 61.8 Å². The van der Waals surface area contributed by atoms with Crippen LogP contribution in [0.3, 0.4) is 0 Å². The monoisotopic (exact) mass is 378 g/mol. The Balaban J connectivity index is 1.68. The molecule has 2 aromatic rings. The van der Waals surface area contributed by atoms with Crippen LogP contribution >= 0.6 is 0 Å². The number of anilines is 2. The van der Waals surface area contributed by atoms with Gasteiger partial charge in [-0.15, -0.1) is 0 Å². The predicted molar refractivity (Wildman–Crippen MR) is 111 cm³/mol. The second kappa shape index (κ2) is 6.76. The van der Waals surface area contributed by atoms with Crippen molar-refractivity contribution < 1.29 is 14.6 Å². The highest BCUT2D eigenvalue weighted by Crippen LogP contribution is 2.55. The summed E-state index contributed by atoms with van der Waals surface area (Å²) in [5.41, 5.74) is 4.32. The third kappa shape index (κ3) is 2.82. The molecule has 0 radical (unpaired) electrons. The summed E-state index contributed by atoms with van der Waals surface area (Å²) in [5.74, 6) is -0.0788. The maximum atomic E-state index is 11.2. The third-order valence-corrected chi connectivity index (χ3v) is 5.88. The van der Waals surface area contributed by atoms with E-state index in [1.807, 2.05) is 30.3 Å². The highest BCUT2D eigenvalue weighted by Gasteiger charge is 2.59. The minimum atomic E-state index is -0.556. The Morgan fingerprint density at radius 1 is 1.25 bits per heavy atom. The molecule has 4 rings (SSSR count). The van der Waals surface area contributed by atoms with Gasteiger partial charge in [0.2, 0.25) is 5.91 Å². The Morgan fingerprint density at radius 2 is 2.00 bits per heavy atom. The van der Waals surface area contributed by atoms with Gasteiger partial charge in [-0.1, -0.05) is 44.2 Å². The van der Waals surface area contributed by atoms with Crippen molar-refractivity contribution in [1.29, 1.82) is 0 Å². The molecule has 1 saturated heterocycles. The molecular weight excluding hydrogens is 352 g/mol. The fourth-order valence-electron chi connectivity index (χ4n) is 4.41. The van der Waals surface area contributed by atoms with Crippen molar-refractivity contribution in [3.05, 3.63) is 65.2 Å². The predicted octanol–water partition coefficient (Wildman–Crippen LogP) is 3.67. The molecule has 0 aliphatic carbocycles. The van der Waals surface area contributed by atoms with Crippen molar-refractivity contribution in [2.24, 2.45) is 0 Å². The number of nitrogens with one attached hydrogen (secondary N) is 1. The lowest BCUT2D eigenvalue weighted by Gasteiger charge is -2.39. The average molecular weight is 378 g/mol. The second-order valence-electron chi connectivity index (χ2n) is 7.97. The molecule has 0 saturated carbocycles. The first-order chi connectivity index (χ1) is 13.4. The summed E-state index contributed by atoms with van der Waals surface area (Å²) in [6.45, 7) is 7.43. The molecule has 1 atom stereocenters. The van der Waals surface area contributed by atoms with E-state index in [0.717, 1.165) is 29.0 Å². The van der Waals surface area contributed by atoms with Crippen LogP contribution in [0.1, 0.15) is 37.5 Å². The minimum absolute atomic E-state index is 0.0336. The first-order valence-electron chi connectivity index (χ1n) is 9.60. The van der Waals surface area contributed by atoms with Gasteiger partial charge in [0.15, 0.2) is 5.72 Å². The summed E-state index contributed by atoms with van der Waals surface area (Å²) in [7, 11) is 0. The number of rotatable bonds is 4. The first kappa shape index (κ1) is 18.7. The van der Waals surface area contributed by atoms with E-state index in [2.05, 4.69) is 48.3 Å². The van der Waals surface area contributed by atoms with Gasteiger partial charge in [-0.05, 0) is 41.0 Å². The highest BCUT2D eigenvalue weighted by molar-refractivity contribution is 5.88. The van der Waals surface area contributed by atoms with E-state index < -0.39 is 5.72 Å². The van der Waals surface area contributed by atoms with Crippen molar-refractivity contribution in [1.82, 2.24) is 0 Å². The van der Waals surface area contributed by atoms with Gasteiger partial charge in [0, 0.05) is 30.3 Å². The van der Waals surface area contributed by atoms with Gasteiger partial charge in [0.25, 0.3) is 0 Å². The maximum absolute atomic E-state index is 11.2. The van der Waals surface area contributed by atoms with E-state index in [4.69, 9.17) is 4.74 Å². The zero-order chi connectivity index (χ0) is 19.9. The lowest BCUT2D eigenvalue weighted by Crippen LogP contribution is -2.51. The molecule has 0 spiro atoms. The smallest absolute Gasteiger partial charge is 0.221 e. The molecule has 2 heterocycles. The number of carbonyl (C=O) groups excluding carboxylic acids is 1. The third-order valence-electron chi connectivity index (χ3n) is 5.88. The first-order valence-corrected chi connectivity index (χ1v) is 9.60. The fraction of sp³-hybridized carbons (Fsp3) is 0.348. The molecule has 2 aliphatic heterocycles. The number of ether oxygens (including phenoxy) is 1. The molecule has 1 amide bonds. The number of fused-ring (bicyclic) bond motifs is 3. The fourth-order valence-corrected chi connectivity index (χ4v) is 4.41. The van der Waals surface area contributed by atoms with Crippen LogP contribution in [0.5, 0.6) is 0 Å². The summed E-state index contributed by atoms with van der Waals surface area (Å²) in [6, 6.07) is 13.9. The molecule has 0 aromatic heterocycles. The van der Waals surface area contributed by atoms with E-state index in [0.29, 0.717) is 6.61 Å². The maximum Gasteiger partial charge on any atom is 0.221 e. The molecule has 2 aliphatic rings. The van der Waals surface area contributed by atoms with Crippen LogP contribution in [0.2, 0.25) is 0 Å². The molecule has 5 heteroatoms. The van der Waals surface area contributed by atoms with E-state index in [1.54, 1.807) is 0 Å². The molecule has 1 unspecified atom stereocenters. The van der Waals surface area contributed by atoms with Crippen LogP contribution in [0.4, 0.5) is 11.4 Å². The van der Waals surface area contributed by atoms with Crippen molar-refractivity contribution in [3.8, 4) is 0 Å². The molecule has 1 fully saturated rings. The Labute approximate surface area is 165 Å². The summed E-state index contributed by atoms with van der Waals surface area (Å²) in [5, 5.41) is 12.3. The number of carbonyl (C=O) groups is 1. The standard InChI is InChI=1S/C23H26N2O3/c1-16(27)24-19-7-4-17(5-8-19)10-11-23-22(2,3)20-9-6-18(15-26)14-21(20)25(23)12-13-28-23/h4-11,14,26H,12-13,15H2,1-3H3,(H,24,27)/b11-10+. The summed E-state index contributed by atoms with van der Waals surface area (Å²) < 4.78 is 6.35. The van der Waals surface area contributed by atoms with Gasteiger partial charge < -0.3 is 20.1 Å². The number of amides is 1. The number of aliphatic hydroxyl groups is 1. The second-order valence-corrected chi connectivity index (χ2v) is 7.97. The number of benzene rings is 2. The van der Waals surface area contributed by atoms with E-state index >= 15 is 0 Å². The molecule has 2 aromatic carbocycles. The molecule has 5 nitrogen and oxygen atoms in total. The Hall–Kier alpha value is -2.63. The van der Waals surface area contributed by atoms with Crippen LogP contribution < -0.4 is 10.2 Å². The lowest BCUT2D eigenvalue weighted by molar-refractivity contribution is -0.114. The van der Waals surface area contributed by atoms with Crippen molar-refractivity contribution in [2.75, 3.05) is 23.4 Å². The lowest BCUT2D eigenvalue weighted by atomic mass is 9.77. The van der Waals surface area contributed by atoms with E-state index in [9.17, 15) is 9.90 Å². The minimum Gasteiger partial charge on any atom is -0.392 e. The van der Waals surface area contributed by atoms with Gasteiger partial charge in [-0.25, -0.2) is 0 Å². The molecule has 146 valence electrons. The van der Waals surface area contributed by atoms with E-state index in [1.165, 1.54) is 12.5 Å². The number of nitrogens with zero attached hydrogens (tertiary/aromatic N) is 1. The normalized spacial score (nSPS) is 22.4. The van der Waals surface area contributed by atoms with Crippen molar-refractivity contribution in [3.63, 3.8) is 0 Å². The van der Waals surface area contributed by atoms with Crippen LogP contribution in [0, 0.1) is 0 Å². The zero-order valence-corrected chi connectivity index (χ0v) is 16.5. The quantitative estimate of drug-likeness (QED) is 0.852. The van der Waals surface area contributed by atoms with E-state index in [-0.39, 0.29) is 17.9 Å². The molecular formula is C23H26N2O3. The Bertz CT molecular complexity index is 933. The molecule has 0 bridgehead atoms. The largest absolute Gasteiger partial charge is 0.392 e. The van der Waals surface area contributed by atoms with Gasteiger partial charge in [0.05, 0.1) is 13.2 Å². The van der Waals surface area contributed by atoms with Crippen LogP contribution in [0.25, 0.3) is 6.08 Å². The van der Waals surface area contributed by atoms with Gasteiger partial charge in [-0.2, -0.15) is 0 Å². The van der Waals surface area contributed by atoms with Crippen LogP contribution in [-0.4, -0.2) is 29.9 Å². The van der Waals surface area contributed by atoms with Gasteiger partial charge in [-0.3, -0.25) is 4.79 Å². The Morgan fingerprint density at radius 3 is 2.68 bits per heavy atom. The number of hydrogen-bond donors (Lipinski definition) is 2. The van der Waals surface area contributed by atoms with Crippen LogP contribution in [-0.2, 0) is 21.6 Å².